The van der Waals surface area contributed by atoms with Crippen LogP contribution in [0.3, 0.4) is 0 Å². The standard InChI is InChI=1S/C20H15I5O7S/c21-11-5-13(22)17(14(23)6-11)32-20(27)10-3-1-2-9(4-10)19(26)31-12-7-15(24)18(16(25)8-12)33(28,29)30/h5-10H,1-4H2,(H,28,29,30). The van der Waals surface area contributed by atoms with Gasteiger partial charge >= 0.3 is 11.9 Å². The molecule has 3 rings (SSSR count). The molecule has 1 saturated carbocycles. The van der Waals surface area contributed by atoms with Gasteiger partial charge in [0.05, 0.1) is 19.0 Å². The van der Waals surface area contributed by atoms with Crippen LogP contribution in [-0.2, 0) is 19.7 Å². The Labute approximate surface area is 259 Å². The second-order valence-electron chi connectivity index (χ2n) is 7.29. The summed E-state index contributed by atoms with van der Waals surface area (Å²) in [6.07, 6.45) is 2.25. The van der Waals surface area contributed by atoms with Gasteiger partial charge in [0, 0.05) is 10.7 Å². The smallest absolute Gasteiger partial charge is 0.314 e. The maximum atomic E-state index is 12.8. The fourth-order valence-corrected chi connectivity index (χ4v) is 11.3. The van der Waals surface area contributed by atoms with Gasteiger partial charge in [-0.05, 0) is 156 Å². The Bertz CT molecular complexity index is 1170. The van der Waals surface area contributed by atoms with Crippen molar-refractivity contribution in [1.29, 1.82) is 0 Å². The molecule has 33 heavy (non-hydrogen) atoms. The molecule has 2 unspecified atom stereocenters. The third-order valence-electron chi connectivity index (χ3n) is 4.95. The van der Waals surface area contributed by atoms with Gasteiger partial charge < -0.3 is 9.47 Å². The molecule has 7 nitrogen and oxygen atoms in total. The number of halogens is 5. The Hall–Kier alpha value is 0.940. The minimum atomic E-state index is -4.39. The molecule has 2 atom stereocenters. The maximum Gasteiger partial charge on any atom is 0.314 e. The molecule has 13 heteroatoms. The van der Waals surface area contributed by atoms with Crippen LogP contribution in [0.15, 0.2) is 29.2 Å². The average Bonchev–Trinajstić information content (AvgIpc) is 2.69. The molecule has 0 heterocycles. The number of hydrogen-bond donors (Lipinski definition) is 1. The number of hydrogen-bond acceptors (Lipinski definition) is 6. The molecular formula is C20H15I5O7S. The zero-order valence-electron chi connectivity index (χ0n) is 16.5. The number of ether oxygens (including phenoxy) is 2. The fraction of sp³-hybridized carbons (Fsp3) is 0.300. The van der Waals surface area contributed by atoms with Gasteiger partial charge in [-0.25, -0.2) is 0 Å². The molecule has 2 aromatic carbocycles. The van der Waals surface area contributed by atoms with E-state index in [1.54, 1.807) is 45.2 Å². The Morgan fingerprint density at radius 2 is 1.30 bits per heavy atom. The van der Waals surface area contributed by atoms with Gasteiger partial charge in [0.25, 0.3) is 10.1 Å². The van der Waals surface area contributed by atoms with Crippen LogP contribution >= 0.6 is 113 Å². The first kappa shape index (κ1) is 28.5. The predicted octanol–water partition coefficient (Wildman–Crippen LogP) is 6.27. The third-order valence-corrected chi connectivity index (χ3v) is 10.6. The van der Waals surface area contributed by atoms with E-state index in [1.165, 1.54) is 12.1 Å². The molecule has 0 aromatic heterocycles. The largest absolute Gasteiger partial charge is 0.426 e. The lowest BCUT2D eigenvalue weighted by atomic mass is 9.81. The second kappa shape index (κ2) is 12.0. The lowest BCUT2D eigenvalue weighted by Gasteiger charge is -2.26. The molecule has 0 radical (unpaired) electrons. The Morgan fingerprint density at radius 3 is 1.79 bits per heavy atom. The quantitative estimate of drug-likeness (QED) is 0.163. The van der Waals surface area contributed by atoms with Crippen molar-refractivity contribution in [2.75, 3.05) is 0 Å². The number of carbonyl (C=O) groups excluding carboxylic acids is 2. The van der Waals surface area contributed by atoms with Crippen molar-refractivity contribution in [3.05, 3.63) is 42.1 Å². The molecule has 0 aliphatic heterocycles. The van der Waals surface area contributed by atoms with E-state index < -0.39 is 27.9 Å². The highest BCUT2D eigenvalue weighted by Gasteiger charge is 2.34. The van der Waals surface area contributed by atoms with Crippen LogP contribution in [0.5, 0.6) is 11.5 Å². The van der Waals surface area contributed by atoms with Gasteiger partial charge in [-0.15, -0.1) is 0 Å². The van der Waals surface area contributed by atoms with E-state index in [0.717, 1.165) is 10.7 Å². The van der Waals surface area contributed by atoms with Gasteiger partial charge in [0.2, 0.25) is 0 Å². The minimum absolute atomic E-state index is 0.189. The van der Waals surface area contributed by atoms with E-state index >= 15 is 0 Å². The summed E-state index contributed by atoms with van der Waals surface area (Å²) in [7, 11) is -4.39. The molecule has 1 aliphatic carbocycles. The summed E-state index contributed by atoms with van der Waals surface area (Å²) in [4.78, 5) is 25.4. The van der Waals surface area contributed by atoms with Gasteiger partial charge in [-0.3, -0.25) is 14.1 Å². The summed E-state index contributed by atoms with van der Waals surface area (Å²) >= 11 is 10.0. The number of carbonyl (C=O) groups is 2. The van der Waals surface area contributed by atoms with Crippen LogP contribution in [0.25, 0.3) is 0 Å². The summed E-state index contributed by atoms with van der Waals surface area (Å²) < 4.78 is 46.9. The topological polar surface area (TPSA) is 107 Å². The van der Waals surface area contributed by atoms with Crippen LogP contribution in [0.4, 0.5) is 0 Å². The Morgan fingerprint density at radius 1 is 0.818 bits per heavy atom. The Balaban J connectivity index is 1.69. The van der Waals surface area contributed by atoms with E-state index in [2.05, 4.69) is 67.8 Å². The fourth-order valence-electron chi connectivity index (χ4n) is 3.47. The minimum Gasteiger partial charge on any atom is -0.426 e. The van der Waals surface area contributed by atoms with Crippen molar-refractivity contribution >= 4 is 135 Å². The summed E-state index contributed by atoms with van der Waals surface area (Å²) in [5.41, 5.74) is 0. The van der Waals surface area contributed by atoms with Crippen LogP contribution in [0.2, 0.25) is 0 Å². The molecule has 0 saturated heterocycles. The molecule has 0 spiro atoms. The number of esters is 2. The zero-order valence-corrected chi connectivity index (χ0v) is 28.1. The molecule has 1 aliphatic rings. The average molecular weight is 1030 g/mol. The molecular weight excluding hydrogens is 1020 g/mol. The van der Waals surface area contributed by atoms with E-state index in [1.807, 2.05) is 12.1 Å². The lowest BCUT2D eigenvalue weighted by Crippen LogP contribution is -2.32. The van der Waals surface area contributed by atoms with Gasteiger partial charge in [0.1, 0.15) is 10.6 Å². The molecule has 2 aromatic rings. The Kier molecular flexibility index (Phi) is 10.4. The zero-order chi connectivity index (χ0) is 24.5. The summed E-state index contributed by atoms with van der Waals surface area (Å²) in [5, 5.41) is 0. The molecule has 0 amide bonds. The first-order valence-corrected chi connectivity index (χ1v) is 16.2. The maximum absolute atomic E-state index is 12.8. The molecule has 178 valence electrons. The first-order chi connectivity index (χ1) is 15.4. The highest BCUT2D eigenvalue weighted by atomic mass is 127. The summed E-state index contributed by atoms with van der Waals surface area (Å²) in [5.74, 6) is -0.987. The SMILES string of the molecule is O=C(Oc1cc(I)c(S(=O)(=O)O)c(I)c1)C1CCCC(C(=O)Oc2c(I)cc(I)cc2I)C1. The predicted molar refractivity (Wildman–Crippen MR) is 163 cm³/mol. The van der Waals surface area contributed by atoms with Crippen molar-refractivity contribution in [2.24, 2.45) is 11.8 Å². The monoisotopic (exact) mass is 1030 g/mol. The van der Waals surface area contributed by atoms with Gasteiger partial charge in [0.15, 0.2) is 5.75 Å². The van der Waals surface area contributed by atoms with Crippen molar-refractivity contribution < 1.29 is 32.0 Å². The summed E-state index contributed by atoms with van der Waals surface area (Å²) in [6, 6.07) is 6.64. The molecule has 1 fully saturated rings. The first-order valence-electron chi connectivity index (χ1n) is 9.41. The molecule has 0 bridgehead atoms. The number of rotatable bonds is 5. The number of benzene rings is 2. The third kappa shape index (κ3) is 7.48. The van der Waals surface area contributed by atoms with Crippen LogP contribution in [-0.4, -0.2) is 24.9 Å². The van der Waals surface area contributed by atoms with E-state index in [0.29, 0.717) is 31.4 Å². The van der Waals surface area contributed by atoms with E-state index in [4.69, 9.17) is 9.47 Å². The van der Waals surface area contributed by atoms with Crippen molar-refractivity contribution in [3.8, 4) is 11.5 Å². The van der Waals surface area contributed by atoms with Gasteiger partial charge in [-0.2, -0.15) is 8.42 Å². The van der Waals surface area contributed by atoms with E-state index in [-0.39, 0.29) is 23.8 Å². The van der Waals surface area contributed by atoms with Gasteiger partial charge in [-0.1, -0.05) is 6.42 Å². The highest BCUT2D eigenvalue weighted by Crippen LogP contribution is 2.35. The molecule has 1 N–H and O–H groups in total. The van der Waals surface area contributed by atoms with Crippen molar-refractivity contribution in [1.82, 2.24) is 0 Å². The lowest BCUT2D eigenvalue weighted by molar-refractivity contribution is -0.145. The van der Waals surface area contributed by atoms with Crippen LogP contribution in [0, 0.1) is 29.7 Å². The van der Waals surface area contributed by atoms with Crippen molar-refractivity contribution in [3.63, 3.8) is 0 Å². The van der Waals surface area contributed by atoms with Crippen LogP contribution < -0.4 is 9.47 Å². The highest BCUT2D eigenvalue weighted by molar-refractivity contribution is 14.1. The van der Waals surface area contributed by atoms with E-state index in [9.17, 15) is 22.6 Å². The van der Waals surface area contributed by atoms with Crippen molar-refractivity contribution in [2.45, 2.75) is 30.6 Å². The normalized spacial score (nSPS) is 18.6. The second-order valence-corrected chi connectivity index (χ2v) is 14.5. The summed E-state index contributed by atoms with van der Waals surface area (Å²) in [6.45, 7) is 0. The van der Waals surface area contributed by atoms with Crippen LogP contribution in [0.1, 0.15) is 25.7 Å².